The standard InChI is InChI=1S/C19H21BrFNO5S.C13H18BrNO3.C6H4ClFO2S/c1-19(2,3)27-18(23)12-26-17-9-4-13(10-16(17)20)11-22-28(24,25)15-7-5-14(21)6-8-15;1-13(2,3)18-12(16)8-17-11-5-4-9(7-15)6-10(11)14;7-11(9,10)6-3-1-5(8)2-4-6/h4-10,22H,11-12H2,1-3H3;4-6H,7-8,15H2,1-3H3;1-4H. The highest BCUT2D eigenvalue weighted by molar-refractivity contribution is 9.11. The molecule has 4 aromatic rings. The van der Waals surface area contributed by atoms with Gasteiger partial charge in [0.2, 0.25) is 10.0 Å². The van der Waals surface area contributed by atoms with Crippen molar-refractivity contribution in [2.45, 2.75) is 75.6 Å². The third kappa shape index (κ3) is 19.6. The maximum absolute atomic E-state index is 12.9. The van der Waals surface area contributed by atoms with Crippen LogP contribution in [0.25, 0.3) is 0 Å². The lowest BCUT2D eigenvalue weighted by Crippen LogP contribution is -2.27. The average molecular weight is 985 g/mol. The van der Waals surface area contributed by atoms with E-state index in [1.165, 1.54) is 12.1 Å². The van der Waals surface area contributed by atoms with Crippen LogP contribution in [0.5, 0.6) is 11.5 Å². The van der Waals surface area contributed by atoms with E-state index in [9.17, 15) is 35.2 Å². The summed E-state index contributed by atoms with van der Waals surface area (Å²) in [5, 5.41) is 0. The minimum Gasteiger partial charge on any atom is -0.481 e. The van der Waals surface area contributed by atoms with Crippen LogP contribution in [0.4, 0.5) is 8.78 Å². The number of carbonyl (C=O) groups is 2. The molecule has 312 valence electrons. The van der Waals surface area contributed by atoms with Gasteiger partial charge in [0.05, 0.1) is 18.7 Å². The van der Waals surface area contributed by atoms with Crippen molar-refractivity contribution in [3.8, 4) is 11.5 Å². The van der Waals surface area contributed by atoms with Crippen molar-refractivity contribution in [1.82, 2.24) is 4.72 Å². The fraction of sp³-hybridized carbons (Fsp3) is 0.316. The smallest absolute Gasteiger partial charge is 0.344 e. The number of benzene rings is 4. The average Bonchev–Trinajstić information content (AvgIpc) is 3.09. The summed E-state index contributed by atoms with van der Waals surface area (Å²) in [5.74, 6) is -0.860. The second-order valence-corrected chi connectivity index (χ2v) is 19.7. The van der Waals surface area contributed by atoms with Gasteiger partial charge in [-0.05, 0) is 157 Å². The number of nitrogens with two attached hydrogens (primary N) is 1. The quantitative estimate of drug-likeness (QED) is 0.103. The molecule has 0 heterocycles. The number of halogens is 5. The molecule has 0 aromatic heterocycles. The van der Waals surface area contributed by atoms with Crippen LogP contribution in [-0.2, 0) is 51.2 Å². The predicted molar refractivity (Wildman–Crippen MR) is 219 cm³/mol. The van der Waals surface area contributed by atoms with Crippen molar-refractivity contribution in [3.63, 3.8) is 0 Å². The van der Waals surface area contributed by atoms with E-state index in [1.807, 2.05) is 32.9 Å². The van der Waals surface area contributed by atoms with Crippen LogP contribution in [0.15, 0.2) is 104 Å². The van der Waals surface area contributed by atoms with Gasteiger partial charge in [-0.25, -0.2) is 39.9 Å². The number of carbonyl (C=O) groups excluding carboxylic acids is 2. The molecule has 0 spiro atoms. The van der Waals surface area contributed by atoms with Gasteiger partial charge in [-0.2, -0.15) is 0 Å². The summed E-state index contributed by atoms with van der Waals surface area (Å²) in [6.07, 6.45) is 0. The third-order valence-corrected chi connectivity index (χ3v) is 10.5. The Hall–Kier alpha value is -3.65. The summed E-state index contributed by atoms with van der Waals surface area (Å²) < 4.78 is 95.7. The van der Waals surface area contributed by atoms with Gasteiger partial charge in [0.15, 0.2) is 13.2 Å². The second-order valence-electron chi connectivity index (χ2n) is 13.7. The first-order chi connectivity index (χ1) is 26.3. The Bertz CT molecular complexity index is 2180. The highest BCUT2D eigenvalue weighted by Crippen LogP contribution is 2.27. The summed E-state index contributed by atoms with van der Waals surface area (Å²) in [7, 11) is -2.51. The number of esters is 2. The number of sulfonamides is 1. The van der Waals surface area contributed by atoms with Crippen LogP contribution in [0.1, 0.15) is 52.7 Å². The molecule has 0 amide bonds. The van der Waals surface area contributed by atoms with E-state index >= 15 is 0 Å². The van der Waals surface area contributed by atoms with E-state index in [0.717, 1.165) is 46.4 Å². The van der Waals surface area contributed by atoms with Gasteiger partial charge >= 0.3 is 11.9 Å². The summed E-state index contributed by atoms with van der Waals surface area (Å²) in [6, 6.07) is 19.3. The predicted octanol–water partition coefficient (Wildman–Crippen LogP) is 8.17. The van der Waals surface area contributed by atoms with Crippen molar-refractivity contribution in [2.75, 3.05) is 13.2 Å². The summed E-state index contributed by atoms with van der Waals surface area (Å²) in [4.78, 5) is 23.1. The van der Waals surface area contributed by atoms with E-state index in [1.54, 1.807) is 45.0 Å². The van der Waals surface area contributed by atoms with Crippen molar-refractivity contribution < 1.29 is 54.2 Å². The minimum absolute atomic E-state index is 0.0229. The first kappa shape index (κ1) is 49.5. The zero-order valence-electron chi connectivity index (χ0n) is 31.8. The topological polar surface area (TPSA) is 177 Å². The molecular formula is C38H43Br2ClF2N2O10S2. The van der Waals surface area contributed by atoms with E-state index < -0.39 is 53.8 Å². The van der Waals surface area contributed by atoms with Crippen molar-refractivity contribution in [3.05, 3.63) is 117 Å². The van der Waals surface area contributed by atoms with Crippen LogP contribution in [0.2, 0.25) is 0 Å². The largest absolute Gasteiger partial charge is 0.481 e. The molecule has 19 heteroatoms. The van der Waals surface area contributed by atoms with Crippen molar-refractivity contribution >= 4 is 73.6 Å². The molecule has 12 nitrogen and oxygen atoms in total. The number of hydrogen-bond acceptors (Lipinski definition) is 11. The molecule has 0 radical (unpaired) electrons. The van der Waals surface area contributed by atoms with Gasteiger partial charge in [-0.1, -0.05) is 12.1 Å². The summed E-state index contributed by atoms with van der Waals surface area (Å²) in [5.41, 5.74) is 6.09. The Kier molecular flexibility index (Phi) is 19.0. The molecule has 0 atom stereocenters. The molecular weight excluding hydrogens is 942 g/mol. The molecule has 0 saturated carbocycles. The second kappa shape index (κ2) is 21.9. The molecule has 0 aliphatic carbocycles. The first-order valence-electron chi connectivity index (χ1n) is 16.7. The number of ether oxygens (including phenoxy) is 4. The molecule has 4 aromatic carbocycles. The lowest BCUT2D eigenvalue weighted by Gasteiger charge is -2.19. The Morgan fingerprint density at radius 3 is 1.42 bits per heavy atom. The monoisotopic (exact) mass is 982 g/mol. The molecule has 0 aliphatic rings. The molecule has 0 fully saturated rings. The molecule has 0 aliphatic heterocycles. The van der Waals surface area contributed by atoms with Gasteiger partial charge in [-0.3, -0.25) is 0 Å². The molecule has 3 N–H and O–H groups in total. The number of hydrogen-bond donors (Lipinski definition) is 2. The molecule has 57 heavy (non-hydrogen) atoms. The molecule has 0 bridgehead atoms. The maximum atomic E-state index is 12.9. The first-order valence-corrected chi connectivity index (χ1v) is 22.1. The fourth-order valence-corrected chi connectivity index (χ4v) is 6.92. The Labute approximate surface area is 353 Å². The van der Waals surface area contributed by atoms with Crippen molar-refractivity contribution in [1.29, 1.82) is 0 Å². The fourth-order valence-electron chi connectivity index (χ4n) is 4.05. The lowest BCUT2D eigenvalue weighted by atomic mass is 10.2. The van der Waals surface area contributed by atoms with Crippen LogP contribution < -0.4 is 19.9 Å². The van der Waals surface area contributed by atoms with Gasteiger partial charge in [0.25, 0.3) is 9.05 Å². The molecule has 0 saturated heterocycles. The minimum atomic E-state index is -3.76. The van der Waals surface area contributed by atoms with Gasteiger partial charge in [0, 0.05) is 23.8 Å². The van der Waals surface area contributed by atoms with E-state index in [-0.39, 0.29) is 29.5 Å². The van der Waals surface area contributed by atoms with E-state index in [2.05, 4.69) is 36.6 Å². The molecule has 4 rings (SSSR count). The Morgan fingerprint density at radius 1 is 0.667 bits per heavy atom. The highest BCUT2D eigenvalue weighted by Gasteiger charge is 2.19. The Balaban J connectivity index is 0.000000329. The van der Waals surface area contributed by atoms with Crippen LogP contribution >= 0.6 is 42.5 Å². The number of nitrogens with one attached hydrogen (secondary N) is 1. The van der Waals surface area contributed by atoms with Gasteiger partial charge < -0.3 is 24.7 Å². The maximum Gasteiger partial charge on any atom is 0.344 e. The summed E-state index contributed by atoms with van der Waals surface area (Å²) in [6.45, 7) is 10.9. The zero-order chi connectivity index (χ0) is 43.2. The number of rotatable bonds is 12. The normalized spacial score (nSPS) is 11.6. The van der Waals surface area contributed by atoms with Crippen LogP contribution in [0, 0.1) is 11.6 Å². The van der Waals surface area contributed by atoms with E-state index in [4.69, 9.17) is 35.4 Å². The van der Waals surface area contributed by atoms with Gasteiger partial charge in [0.1, 0.15) is 34.3 Å². The van der Waals surface area contributed by atoms with Crippen molar-refractivity contribution in [2.24, 2.45) is 5.73 Å². The van der Waals surface area contributed by atoms with E-state index in [0.29, 0.717) is 28.1 Å². The molecule has 0 unspecified atom stereocenters. The SMILES string of the molecule is CC(C)(C)OC(=O)COc1ccc(CN)cc1Br.CC(C)(C)OC(=O)COc1ccc(CNS(=O)(=O)c2ccc(F)cc2)cc1Br.O=S(=O)(Cl)c1ccc(F)cc1. The highest BCUT2D eigenvalue weighted by atomic mass is 79.9. The third-order valence-electron chi connectivity index (χ3n) is 6.44. The Morgan fingerprint density at radius 2 is 1.05 bits per heavy atom. The summed E-state index contributed by atoms with van der Waals surface area (Å²) >= 11 is 6.70. The van der Waals surface area contributed by atoms with Crippen LogP contribution in [0.3, 0.4) is 0 Å². The zero-order valence-corrected chi connectivity index (χ0v) is 37.3. The van der Waals surface area contributed by atoms with Gasteiger partial charge in [-0.15, -0.1) is 0 Å². The van der Waals surface area contributed by atoms with Crippen LogP contribution in [-0.4, -0.2) is 53.2 Å². The lowest BCUT2D eigenvalue weighted by molar-refractivity contribution is -0.158.